The standard InChI is InChI=1S/C26H25ClN6O4/c1-36-24-11-17(19(27)14-29-24)21-12-22(32-31-21)26(35)33-7-4-16(5-8-33)25(34)30-20-6-9-37-23-3-2-15(13-28)10-18(20)23/h2-3,10-12,14,16,20H,4-9H2,1H3,(H,30,34)(H,31,32)/t20-/m0/s1. The van der Waals surface area contributed by atoms with Crippen LogP contribution in [0, 0.1) is 17.2 Å². The lowest BCUT2D eigenvalue weighted by atomic mass is 9.93. The molecule has 0 unspecified atom stereocenters. The van der Waals surface area contributed by atoms with Gasteiger partial charge in [-0.2, -0.15) is 10.4 Å². The van der Waals surface area contributed by atoms with E-state index in [0.29, 0.717) is 78.1 Å². The number of carbonyl (C=O) groups is 2. The zero-order valence-corrected chi connectivity index (χ0v) is 20.9. The lowest BCUT2D eigenvalue weighted by Crippen LogP contribution is -2.44. The van der Waals surface area contributed by atoms with E-state index < -0.39 is 0 Å². The Kier molecular flexibility index (Phi) is 6.97. The van der Waals surface area contributed by atoms with Crippen molar-refractivity contribution in [1.82, 2.24) is 25.4 Å². The Balaban J connectivity index is 1.20. The molecule has 2 amide bonds. The van der Waals surface area contributed by atoms with Crippen molar-refractivity contribution < 1.29 is 19.1 Å². The molecule has 10 nitrogen and oxygen atoms in total. The average Bonchev–Trinajstić information content (AvgIpc) is 3.43. The van der Waals surface area contributed by atoms with Gasteiger partial charge in [-0.05, 0) is 37.1 Å². The third-order valence-electron chi connectivity index (χ3n) is 6.77. The third kappa shape index (κ3) is 5.08. The molecule has 1 atom stereocenters. The number of halogens is 1. The molecule has 2 N–H and O–H groups in total. The number of aromatic nitrogens is 3. The lowest BCUT2D eigenvalue weighted by molar-refractivity contribution is -0.127. The fourth-order valence-electron chi connectivity index (χ4n) is 4.72. The summed E-state index contributed by atoms with van der Waals surface area (Å²) in [4.78, 5) is 31.9. The van der Waals surface area contributed by atoms with Crippen LogP contribution < -0.4 is 14.8 Å². The summed E-state index contributed by atoms with van der Waals surface area (Å²) < 4.78 is 10.8. The highest BCUT2D eigenvalue weighted by Gasteiger charge is 2.31. The number of rotatable bonds is 5. The van der Waals surface area contributed by atoms with E-state index in [-0.39, 0.29) is 23.8 Å². The van der Waals surface area contributed by atoms with Gasteiger partial charge in [-0.25, -0.2) is 4.98 Å². The summed E-state index contributed by atoms with van der Waals surface area (Å²) in [7, 11) is 1.51. The van der Waals surface area contributed by atoms with Crippen molar-refractivity contribution in [3.05, 3.63) is 58.4 Å². The maximum Gasteiger partial charge on any atom is 0.271 e. The summed E-state index contributed by atoms with van der Waals surface area (Å²) in [5, 5.41) is 19.8. The van der Waals surface area contributed by atoms with E-state index in [1.807, 2.05) is 0 Å². The second-order valence-electron chi connectivity index (χ2n) is 9.00. The minimum absolute atomic E-state index is 0.0441. The molecule has 2 aliphatic heterocycles. The number of nitrogens with one attached hydrogen (secondary N) is 2. The van der Waals surface area contributed by atoms with Crippen LogP contribution in [0.25, 0.3) is 11.3 Å². The van der Waals surface area contributed by atoms with E-state index in [1.165, 1.54) is 13.3 Å². The highest BCUT2D eigenvalue weighted by molar-refractivity contribution is 6.33. The average molecular weight is 521 g/mol. The van der Waals surface area contributed by atoms with Gasteiger partial charge < -0.3 is 19.7 Å². The Hall–Kier alpha value is -4.10. The summed E-state index contributed by atoms with van der Waals surface area (Å²) in [5.41, 5.74) is 2.82. The van der Waals surface area contributed by atoms with Crippen molar-refractivity contribution in [2.24, 2.45) is 5.92 Å². The molecule has 1 fully saturated rings. The first-order chi connectivity index (χ1) is 18.0. The SMILES string of the molecule is COc1cc(-c2cc(C(=O)N3CCC(C(=O)N[C@H]4CCOc5ccc(C#N)cc54)CC3)[nH]n2)c(Cl)cn1. The summed E-state index contributed by atoms with van der Waals surface area (Å²) in [6, 6.07) is 10.5. The number of H-pyrrole nitrogens is 1. The van der Waals surface area contributed by atoms with Gasteiger partial charge >= 0.3 is 0 Å². The van der Waals surface area contributed by atoms with Crippen LogP contribution in [0.2, 0.25) is 5.02 Å². The fourth-order valence-corrected chi connectivity index (χ4v) is 4.92. The molecular formula is C26H25ClN6O4. The molecule has 3 aromatic rings. The summed E-state index contributed by atoms with van der Waals surface area (Å²) in [6.45, 7) is 1.41. The van der Waals surface area contributed by atoms with Crippen LogP contribution in [0.3, 0.4) is 0 Å². The smallest absolute Gasteiger partial charge is 0.271 e. The maximum absolute atomic E-state index is 13.1. The zero-order chi connectivity index (χ0) is 25.9. The monoisotopic (exact) mass is 520 g/mol. The number of pyridine rings is 1. The van der Waals surface area contributed by atoms with Crippen LogP contribution in [-0.2, 0) is 4.79 Å². The molecule has 0 spiro atoms. The van der Waals surface area contributed by atoms with Crippen molar-refractivity contribution >= 4 is 23.4 Å². The number of carbonyl (C=O) groups excluding carboxylic acids is 2. The van der Waals surface area contributed by atoms with Gasteiger partial charge in [0.05, 0.1) is 48.3 Å². The molecule has 2 aliphatic rings. The number of methoxy groups -OCH3 is 1. The number of hydrogen-bond donors (Lipinski definition) is 2. The Morgan fingerprint density at radius 2 is 2.05 bits per heavy atom. The molecule has 5 rings (SSSR count). The number of nitrogens with zero attached hydrogens (tertiary/aromatic N) is 4. The van der Waals surface area contributed by atoms with E-state index in [1.54, 1.807) is 35.2 Å². The van der Waals surface area contributed by atoms with Crippen LogP contribution in [0.1, 0.15) is 46.9 Å². The van der Waals surface area contributed by atoms with Crippen molar-refractivity contribution in [3.8, 4) is 29.0 Å². The molecule has 4 heterocycles. The topological polar surface area (TPSA) is 133 Å². The first-order valence-electron chi connectivity index (χ1n) is 12.0. The molecular weight excluding hydrogens is 496 g/mol. The predicted octanol–water partition coefficient (Wildman–Crippen LogP) is 3.50. The quantitative estimate of drug-likeness (QED) is 0.526. The van der Waals surface area contributed by atoms with Crippen LogP contribution in [0.15, 0.2) is 36.5 Å². The first-order valence-corrected chi connectivity index (χ1v) is 12.4. The van der Waals surface area contributed by atoms with Gasteiger partial charge in [-0.15, -0.1) is 0 Å². The molecule has 11 heteroatoms. The lowest BCUT2D eigenvalue weighted by Gasteiger charge is -2.33. The van der Waals surface area contributed by atoms with Crippen molar-refractivity contribution in [1.29, 1.82) is 5.26 Å². The fraction of sp³-hybridized carbons (Fsp3) is 0.346. The number of aromatic amines is 1. The van der Waals surface area contributed by atoms with Gasteiger partial charge in [0.25, 0.3) is 5.91 Å². The third-order valence-corrected chi connectivity index (χ3v) is 7.07. The highest BCUT2D eigenvalue weighted by Crippen LogP contribution is 2.34. The largest absolute Gasteiger partial charge is 0.493 e. The summed E-state index contributed by atoms with van der Waals surface area (Å²) in [5.74, 6) is 0.663. The number of ether oxygens (including phenoxy) is 2. The highest BCUT2D eigenvalue weighted by atomic mass is 35.5. The molecule has 0 bridgehead atoms. The van der Waals surface area contributed by atoms with Gasteiger partial charge in [-0.3, -0.25) is 14.7 Å². The van der Waals surface area contributed by atoms with Crippen LogP contribution >= 0.6 is 11.6 Å². The number of fused-ring (bicyclic) bond motifs is 1. The van der Waals surface area contributed by atoms with Crippen LogP contribution in [-0.4, -0.2) is 58.7 Å². The zero-order valence-electron chi connectivity index (χ0n) is 20.2. The summed E-state index contributed by atoms with van der Waals surface area (Å²) in [6.07, 6.45) is 3.23. The van der Waals surface area contributed by atoms with Gasteiger partial charge in [0, 0.05) is 42.6 Å². The molecule has 0 radical (unpaired) electrons. The predicted molar refractivity (Wildman–Crippen MR) is 134 cm³/mol. The second kappa shape index (κ2) is 10.5. The van der Waals surface area contributed by atoms with E-state index in [0.717, 1.165) is 5.56 Å². The number of likely N-dealkylation sites (tertiary alicyclic amines) is 1. The second-order valence-corrected chi connectivity index (χ2v) is 9.41. The van der Waals surface area contributed by atoms with E-state index in [2.05, 4.69) is 26.6 Å². The molecule has 37 heavy (non-hydrogen) atoms. The van der Waals surface area contributed by atoms with Gasteiger partial charge in [0.15, 0.2) is 0 Å². The Bertz CT molecular complexity index is 1380. The van der Waals surface area contributed by atoms with Crippen molar-refractivity contribution in [3.63, 3.8) is 0 Å². The van der Waals surface area contributed by atoms with Crippen molar-refractivity contribution in [2.75, 3.05) is 26.8 Å². The number of nitriles is 1. The normalized spacial score (nSPS) is 17.3. The molecule has 2 aromatic heterocycles. The summed E-state index contributed by atoms with van der Waals surface area (Å²) >= 11 is 6.26. The molecule has 1 saturated heterocycles. The van der Waals surface area contributed by atoms with Gasteiger partial charge in [-0.1, -0.05) is 11.6 Å². The minimum Gasteiger partial charge on any atom is -0.493 e. The number of piperidine rings is 1. The van der Waals surface area contributed by atoms with Crippen molar-refractivity contribution in [2.45, 2.75) is 25.3 Å². The van der Waals surface area contributed by atoms with Crippen LogP contribution in [0.4, 0.5) is 0 Å². The maximum atomic E-state index is 13.1. The van der Waals surface area contributed by atoms with E-state index in [4.69, 9.17) is 21.1 Å². The van der Waals surface area contributed by atoms with Gasteiger partial charge in [0.2, 0.25) is 11.8 Å². The number of hydrogen-bond acceptors (Lipinski definition) is 7. The molecule has 1 aromatic carbocycles. The Labute approximate surface area is 218 Å². The minimum atomic E-state index is -0.203. The van der Waals surface area contributed by atoms with Crippen LogP contribution in [0.5, 0.6) is 11.6 Å². The first kappa shape index (κ1) is 24.6. The Morgan fingerprint density at radius 1 is 1.24 bits per heavy atom. The Morgan fingerprint density at radius 3 is 2.81 bits per heavy atom. The van der Waals surface area contributed by atoms with E-state index in [9.17, 15) is 14.9 Å². The number of benzene rings is 1. The molecule has 190 valence electrons. The molecule has 0 aliphatic carbocycles. The number of amides is 2. The van der Waals surface area contributed by atoms with Gasteiger partial charge in [0.1, 0.15) is 11.4 Å². The molecule has 0 saturated carbocycles. The van der Waals surface area contributed by atoms with E-state index >= 15 is 0 Å².